The van der Waals surface area contributed by atoms with Crippen LogP contribution in [0.4, 0.5) is 4.79 Å². The van der Waals surface area contributed by atoms with Crippen LogP contribution in [-0.4, -0.2) is 42.3 Å². The lowest BCUT2D eigenvalue weighted by molar-refractivity contribution is -0.142. The molecule has 2 amide bonds. The first-order chi connectivity index (χ1) is 14.8. The van der Waals surface area contributed by atoms with Gasteiger partial charge in [0.05, 0.1) is 5.92 Å². The van der Waals surface area contributed by atoms with Crippen molar-refractivity contribution in [3.8, 4) is 11.1 Å². The van der Waals surface area contributed by atoms with E-state index < -0.39 is 29.9 Å². The Bertz CT molecular complexity index is 926. The standard InChI is InChI=1S/C24H28N2O5/c1-14(2)20(22(27)26-15(3)23(28)29)12-25-24(30)31-13-21-18-10-6-4-8-16(18)17-9-5-7-11-19(17)21/h4-11,14-15,20-21H,12-13H2,1-3H3,(H,25,30)(H,26,27)(H,28,29)/t15-,20?/m1/s1. The molecule has 0 radical (unpaired) electrons. The van der Waals surface area contributed by atoms with Gasteiger partial charge in [-0.1, -0.05) is 62.4 Å². The van der Waals surface area contributed by atoms with E-state index in [2.05, 4.69) is 22.8 Å². The van der Waals surface area contributed by atoms with Crippen LogP contribution < -0.4 is 10.6 Å². The van der Waals surface area contributed by atoms with Crippen LogP contribution in [0.25, 0.3) is 11.1 Å². The molecule has 3 N–H and O–H groups in total. The molecule has 1 aliphatic rings. The summed E-state index contributed by atoms with van der Waals surface area (Å²) in [4.78, 5) is 35.7. The molecule has 31 heavy (non-hydrogen) atoms. The predicted octanol–water partition coefficient (Wildman–Crippen LogP) is 3.39. The Morgan fingerprint density at radius 2 is 1.52 bits per heavy atom. The maximum Gasteiger partial charge on any atom is 0.407 e. The molecule has 3 rings (SSSR count). The van der Waals surface area contributed by atoms with Gasteiger partial charge >= 0.3 is 12.1 Å². The number of carbonyl (C=O) groups is 3. The van der Waals surface area contributed by atoms with Crippen LogP contribution in [0.2, 0.25) is 0 Å². The van der Waals surface area contributed by atoms with E-state index in [1.54, 1.807) is 0 Å². The van der Waals surface area contributed by atoms with Gasteiger partial charge in [-0.3, -0.25) is 9.59 Å². The van der Waals surface area contributed by atoms with Gasteiger partial charge in [0.2, 0.25) is 5.91 Å². The number of alkyl carbamates (subject to hydrolysis) is 1. The first-order valence-electron chi connectivity index (χ1n) is 10.4. The van der Waals surface area contributed by atoms with Gasteiger partial charge in [-0.25, -0.2) is 4.79 Å². The van der Waals surface area contributed by atoms with Crippen molar-refractivity contribution in [2.45, 2.75) is 32.7 Å². The minimum atomic E-state index is -1.11. The second-order valence-corrected chi connectivity index (χ2v) is 8.13. The molecule has 0 fully saturated rings. The third-order valence-corrected chi connectivity index (χ3v) is 5.68. The molecule has 7 heteroatoms. The number of rotatable bonds is 8. The zero-order valence-corrected chi connectivity index (χ0v) is 17.9. The molecule has 2 atom stereocenters. The number of amides is 2. The number of aliphatic carboxylic acids is 1. The van der Waals surface area contributed by atoms with Crippen LogP contribution in [0.15, 0.2) is 48.5 Å². The molecule has 0 bridgehead atoms. The van der Waals surface area contributed by atoms with Crippen LogP contribution in [0.1, 0.15) is 37.8 Å². The molecule has 0 heterocycles. The molecule has 2 aromatic carbocycles. The lowest BCUT2D eigenvalue weighted by Gasteiger charge is -2.22. The molecule has 0 saturated carbocycles. The Labute approximate surface area is 181 Å². The third kappa shape index (κ3) is 5.05. The predicted molar refractivity (Wildman–Crippen MR) is 117 cm³/mol. The number of benzene rings is 2. The lowest BCUT2D eigenvalue weighted by Crippen LogP contribution is -2.46. The van der Waals surface area contributed by atoms with Crippen molar-refractivity contribution in [2.24, 2.45) is 11.8 Å². The summed E-state index contributed by atoms with van der Waals surface area (Å²) in [6, 6.07) is 15.2. The Morgan fingerprint density at radius 1 is 0.968 bits per heavy atom. The quantitative estimate of drug-likeness (QED) is 0.603. The zero-order chi connectivity index (χ0) is 22.5. The Morgan fingerprint density at radius 3 is 2.03 bits per heavy atom. The lowest BCUT2D eigenvalue weighted by atomic mass is 9.94. The van der Waals surface area contributed by atoms with Gasteiger partial charge in [0.1, 0.15) is 12.6 Å². The number of carboxylic acids is 1. The molecular weight excluding hydrogens is 396 g/mol. The maximum absolute atomic E-state index is 12.4. The molecule has 1 aliphatic carbocycles. The van der Waals surface area contributed by atoms with Gasteiger partial charge in [0.25, 0.3) is 0 Å². The second kappa shape index (κ2) is 9.64. The number of carboxylic acid groups (broad SMARTS) is 1. The molecule has 7 nitrogen and oxygen atoms in total. The second-order valence-electron chi connectivity index (χ2n) is 8.13. The van der Waals surface area contributed by atoms with Gasteiger partial charge < -0.3 is 20.5 Å². The smallest absolute Gasteiger partial charge is 0.407 e. The van der Waals surface area contributed by atoms with Crippen LogP contribution in [-0.2, 0) is 14.3 Å². The van der Waals surface area contributed by atoms with Crippen LogP contribution in [0, 0.1) is 11.8 Å². The van der Waals surface area contributed by atoms with Crippen molar-refractivity contribution in [2.75, 3.05) is 13.2 Å². The molecule has 0 saturated heterocycles. The van der Waals surface area contributed by atoms with Gasteiger partial charge in [-0.15, -0.1) is 0 Å². The van der Waals surface area contributed by atoms with Crippen LogP contribution in [0.3, 0.4) is 0 Å². The highest BCUT2D eigenvalue weighted by Crippen LogP contribution is 2.44. The summed E-state index contributed by atoms with van der Waals surface area (Å²) in [7, 11) is 0. The van der Waals surface area contributed by atoms with Crippen molar-refractivity contribution < 1.29 is 24.2 Å². The van der Waals surface area contributed by atoms with Gasteiger partial charge in [0.15, 0.2) is 0 Å². The molecule has 0 aromatic heterocycles. The fourth-order valence-electron chi connectivity index (χ4n) is 3.86. The summed E-state index contributed by atoms with van der Waals surface area (Å²) in [6.07, 6.45) is -0.605. The van der Waals surface area contributed by atoms with E-state index in [0.29, 0.717) is 0 Å². The van der Waals surface area contributed by atoms with Crippen molar-refractivity contribution in [3.63, 3.8) is 0 Å². The molecular formula is C24H28N2O5. The first-order valence-corrected chi connectivity index (χ1v) is 10.4. The van der Waals surface area contributed by atoms with Gasteiger partial charge in [-0.2, -0.15) is 0 Å². The van der Waals surface area contributed by atoms with Crippen molar-refractivity contribution in [1.82, 2.24) is 10.6 Å². The van der Waals surface area contributed by atoms with E-state index in [0.717, 1.165) is 22.3 Å². The molecule has 0 spiro atoms. The van der Waals surface area contributed by atoms with E-state index in [1.807, 2.05) is 50.2 Å². The van der Waals surface area contributed by atoms with Gasteiger partial charge in [-0.05, 0) is 35.1 Å². The van der Waals surface area contributed by atoms with E-state index in [9.17, 15) is 14.4 Å². The molecule has 2 aromatic rings. The number of fused-ring (bicyclic) bond motifs is 3. The Hall–Kier alpha value is -3.35. The number of hydrogen-bond donors (Lipinski definition) is 3. The largest absolute Gasteiger partial charge is 0.480 e. The summed E-state index contributed by atoms with van der Waals surface area (Å²) < 4.78 is 5.49. The minimum absolute atomic E-state index is 0.0428. The van der Waals surface area contributed by atoms with Crippen LogP contribution in [0.5, 0.6) is 0 Å². The van der Waals surface area contributed by atoms with E-state index in [1.165, 1.54) is 6.92 Å². The summed E-state index contributed by atoms with van der Waals surface area (Å²) in [5.41, 5.74) is 4.55. The van der Waals surface area contributed by atoms with Crippen molar-refractivity contribution >= 4 is 18.0 Å². The number of carbonyl (C=O) groups excluding carboxylic acids is 2. The van der Waals surface area contributed by atoms with E-state index >= 15 is 0 Å². The molecule has 164 valence electrons. The van der Waals surface area contributed by atoms with Crippen molar-refractivity contribution in [1.29, 1.82) is 0 Å². The van der Waals surface area contributed by atoms with E-state index in [-0.39, 0.29) is 25.0 Å². The summed E-state index contributed by atoms with van der Waals surface area (Å²) >= 11 is 0. The molecule has 1 unspecified atom stereocenters. The molecule has 0 aliphatic heterocycles. The monoisotopic (exact) mass is 424 g/mol. The van der Waals surface area contributed by atoms with Crippen LogP contribution >= 0.6 is 0 Å². The number of ether oxygens (including phenoxy) is 1. The fourth-order valence-corrected chi connectivity index (χ4v) is 3.86. The summed E-state index contributed by atoms with van der Waals surface area (Å²) in [5.74, 6) is -2.22. The third-order valence-electron chi connectivity index (χ3n) is 5.68. The highest BCUT2D eigenvalue weighted by molar-refractivity contribution is 5.85. The average Bonchev–Trinajstić information content (AvgIpc) is 3.06. The SMILES string of the molecule is CC(C)C(CNC(=O)OCC1c2ccccc2-c2ccccc21)C(=O)N[C@H](C)C(=O)O. The first kappa shape index (κ1) is 22.3. The Kier molecular flexibility index (Phi) is 6.95. The minimum Gasteiger partial charge on any atom is -0.480 e. The van der Waals surface area contributed by atoms with E-state index in [4.69, 9.17) is 9.84 Å². The fraction of sp³-hybridized carbons (Fsp3) is 0.375. The maximum atomic E-state index is 12.4. The Balaban J connectivity index is 1.59. The normalized spacial score (nSPS) is 14.3. The highest BCUT2D eigenvalue weighted by Gasteiger charge is 2.30. The summed E-state index contributed by atoms with van der Waals surface area (Å²) in [6.45, 7) is 5.34. The zero-order valence-electron chi connectivity index (χ0n) is 17.9. The average molecular weight is 424 g/mol. The number of nitrogens with one attached hydrogen (secondary N) is 2. The number of hydrogen-bond acceptors (Lipinski definition) is 4. The van der Waals surface area contributed by atoms with Crippen molar-refractivity contribution in [3.05, 3.63) is 59.7 Å². The highest BCUT2D eigenvalue weighted by atomic mass is 16.5. The topological polar surface area (TPSA) is 105 Å². The van der Waals surface area contributed by atoms with Gasteiger partial charge in [0, 0.05) is 12.5 Å². The summed E-state index contributed by atoms with van der Waals surface area (Å²) in [5, 5.41) is 14.1.